The Labute approximate surface area is 157 Å². The molecule has 0 radical (unpaired) electrons. The van der Waals surface area contributed by atoms with Crippen LogP contribution in [0.25, 0.3) is 0 Å². The van der Waals surface area contributed by atoms with Gasteiger partial charge in [0.1, 0.15) is 0 Å². The molecule has 0 aromatic rings. The molecule has 4 heteroatoms. The summed E-state index contributed by atoms with van der Waals surface area (Å²) in [7, 11) is 0. The van der Waals surface area contributed by atoms with Crippen LogP contribution >= 0.6 is 0 Å². The average molecular weight is 378 g/mol. The van der Waals surface area contributed by atoms with E-state index in [2.05, 4.69) is 0 Å². The van der Waals surface area contributed by atoms with Gasteiger partial charge in [-0.3, -0.25) is 0 Å². The quantitative estimate of drug-likeness (QED) is 0.469. The van der Waals surface area contributed by atoms with Crippen LogP contribution in [-0.2, 0) is 21.9 Å². The minimum atomic E-state index is -3.58. The fourth-order valence-corrected chi connectivity index (χ4v) is 3.54. The summed E-state index contributed by atoms with van der Waals surface area (Å²) < 4.78 is 23.2. The van der Waals surface area contributed by atoms with Crippen molar-refractivity contribution in [2.24, 2.45) is 0 Å². The van der Waals surface area contributed by atoms with E-state index in [4.69, 9.17) is 10.7 Å². The Morgan fingerprint density at radius 2 is 0.375 bits per heavy atom. The molecule has 4 saturated carbocycles. The van der Waals surface area contributed by atoms with Gasteiger partial charge in [0, 0.05) is 0 Å². The summed E-state index contributed by atoms with van der Waals surface area (Å²) >= 11 is -3.58. The molecule has 2 N–H and O–H groups in total. The molecule has 144 valence electrons. The molecule has 0 aromatic heterocycles. The monoisotopic (exact) mass is 378 g/mol. The zero-order valence-corrected chi connectivity index (χ0v) is 17.5. The molecule has 0 atom stereocenters. The molecule has 0 aromatic carbocycles. The predicted molar refractivity (Wildman–Crippen MR) is 97.5 cm³/mol. The predicted octanol–water partition coefficient (Wildman–Crippen LogP) is 6.57. The standard InChI is InChI=1S/4C5H10.2H2O.O.Ti/c4*1-2-4-5-3-1;;;;/h4*1-5H2;2*1H2;;/q;;;;;;;+2/p-2. The maximum atomic E-state index is 8.81. The van der Waals surface area contributed by atoms with E-state index < -0.39 is 18.6 Å². The molecule has 0 saturated heterocycles. The molecule has 4 rings (SSSR count). The summed E-state index contributed by atoms with van der Waals surface area (Å²) in [5.41, 5.74) is 0. The van der Waals surface area contributed by atoms with Crippen molar-refractivity contribution in [1.82, 2.24) is 0 Å². The number of rotatable bonds is 0. The first-order valence-corrected chi connectivity index (χ1v) is 12.7. The SMILES string of the molecule is C1CCCC1.C1CCCC1.C1CCCC1.C1CCCC1.[O]=[Ti]([OH])[OH]. The van der Waals surface area contributed by atoms with Gasteiger partial charge in [0.05, 0.1) is 0 Å². The van der Waals surface area contributed by atoms with Gasteiger partial charge >= 0.3 is 29.3 Å². The van der Waals surface area contributed by atoms with E-state index in [-0.39, 0.29) is 0 Å². The summed E-state index contributed by atoms with van der Waals surface area (Å²) in [5, 5.41) is 0. The molecule has 4 aliphatic rings. The van der Waals surface area contributed by atoms with Crippen molar-refractivity contribution in [3.8, 4) is 0 Å². The van der Waals surface area contributed by atoms with Gasteiger partial charge in [-0.25, -0.2) is 0 Å². The van der Waals surface area contributed by atoms with Crippen LogP contribution in [0.3, 0.4) is 0 Å². The third-order valence-electron chi connectivity index (χ3n) is 5.00. The van der Waals surface area contributed by atoms with Crippen LogP contribution < -0.4 is 0 Å². The van der Waals surface area contributed by atoms with E-state index in [1.54, 1.807) is 0 Å². The Kier molecular flexibility index (Phi) is 21.9. The zero-order valence-electron chi connectivity index (χ0n) is 15.9. The van der Waals surface area contributed by atoms with Gasteiger partial charge in [0.25, 0.3) is 0 Å². The molecular weight excluding hydrogens is 336 g/mol. The van der Waals surface area contributed by atoms with Crippen molar-refractivity contribution in [1.29, 1.82) is 0 Å². The second-order valence-electron chi connectivity index (χ2n) is 7.35. The van der Waals surface area contributed by atoms with Crippen molar-refractivity contribution in [2.45, 2.75) is 128 Å². The number of hydrogen-bond donors (Lipinski definition) is 2. The number of hydrogen-bond acceptors (Lipinski definition) is 1. The first kappa shape index (κ1) is 24.4. The van der Waals surface area contributed by atoms with Crippen molar-refractivity contribution in [3.63, 3.8) is 0 Å². The van der Waals surface area contributed by atoms with Crippen LogP contribution in [0.1, 0.15) is 128 Å². The third kappa shape index (κ3) is 24.7. The Bertz CT molecular complexity index is 169. The first-order valence-electron chi connectivity index (χ1n) is 10.7. The molecule has 0 amide bonds. The summed E-state index contributed by atoms with van der Waals surface area (Å²) in [6.45, 7) is 0. The second-order valence-corrected chi connectivity index (χ2v) is 8.24. The van der Waals surface area contributed by atoms with E-state index in [0.717, 1.165) is 0 Å². The molecule has 4 fully saturated rings. The summed E-state index contributed by atoms with van der Waals surface area (Å²) in [4.78, 5) is 0. The Hall–Kier alpha value is 0.434. The molecule has 0 unspecified atom stereocenters. The molecule has 0 bridgehead atoms. The van der Waals surface area contributed by atoms with Crippen LogP contribution in [-0.4, -0.2) is 7.38 Å². The van der Waals surface area contributed by atoms with E-state index in [9.17, 15) is 0 Å². The summed E-state index contributed by atoms with van der Waals surface area (Å²) in [6, 6.07) is 0. The first-order chi connectivity index (χ1) is 11.7. The van der Waals surface area contributed by atoms with Crippen molar-refractivity contribution in [2.75, 3.05) is 0 Å². The molecule has 0 aliphatic heterocycles. The third-order valence-corrected chi connectivity index (χ3v) is 5.00. The Morgan fingerprint density at radius 3 is 0.417 bits per heavy atom. The fourth-order valence-electron chi connectivity index (χ4n) is 3.54. The van der Waals surface area contributed by atoms with Crippen LogP contribution in [0.5, 0.6) is 0 Å². The van der Waals surface area contributed by atoms with Crippen LogP contribution in [0, 0.1) is 0 Å². The van der Waals surface area contributed by atoms with Gasteiger partial charge in [-0.2, -0.15) is 0 Å². The van der Waals surface area contributed by atoms with Crippen molar-refractivity contribution in [3.05, 3.63) is 0 Å². The Balaban J connectivity index is 0.000000277. The van der Waals surface area contributed by atoms with E-state index >= 15 is 0 Å². The molecule has 24 heavy (non-hydrogen) atoms. The summed E-state index contributed by atoms with van der Waals surface area (Å²) in [5.74, 6) is 0. The molecule has 3 nitrogen and oxygen atoms in total. The average Bonchev–Trinajstić information content (AvgIpc) is 3.46. The van der Waals surface area contributed by atoms with E-state index in [1.165, 1.54) is 128 Å². The van der Waals surface area contributed by atoms with Gasteiger partial charge in [-0.15, -0.1) is 0 Å². The van der Waals surface area contributed by atoms with Crippen molar-refractivity contribution < 1.29 is 29.3 Å². The molecule has 0 spiro atoms. The topological polar surface area (TPSA) is 57.5 Å². The zero-order chi connectivity index (χ0) is 17.7. The van der Waals surface area contributed by atoms with Crippen LogP contribution in [0.15, 0.2) is 0 Å². The van der Waals surface area contributed by atoms with Crippen LogP contribution in [0.4, 0.5) is 0 Å². The van der Waals surface area contributed by atoms with E-state index in [0.29, 0.717) is 0 Å². The van der Waals surface area contributed by atoms with Crippen molar-refractivity contribution >= 4 is 0 Å². The van der Waals surface area contributed by atoms with Gasteiger partial charge in [-0.05, 0) is 0 Å². The van der Waals surface area contributed by atoms with Gasteiger partial charge in [0.15, 0.2) is 0 Å². The maximum absolute atomic E-state index is 8.81. The Morgan fingerprint density at radius 1 is 0.333 bits per heavy atom. The summed E-state index contributed by atoms with van der Waals surface area (Å²) in [6.07, 6.45) is 30.0. The van der Waals surface area contributed by atoms with Gasteiger partial charge in [-0.1, -0.05) is 128 Å². The van der Waals surface area contributed by atoms with E-state index in [1.807, 2.05) is 0 Å². The minimum absolute atomic E-state index is 1.50. The van der Waals surface area contributed by atoms with Gasteiger partial charge < -0.3 is 0 Å². The second kappa shape index (κ2) is 21.5. The molecule has 0 heterocycles. The molecular formula is C20H42O3Ti. The fraction of sp³-hybridized carbons (Fsp3) is 1.00. The molecule has 4 aliphatic carbocycles. The van der Waals surface area contributed by atoms with Gasteiger partial charge in [0.2, 0.25) is 0 Å². The van der Waals surface area contributed by atoms with Crippen LogP contribution in [0.2, 0.25) is 0 Å². The normalized spacial score (nSPS) is 21.1.